The number of rotatable bonds is 1. The molecule has 1 aliphatic heterocycles. The Morgan fingerprint density at radius 1 is 1.27 bits per heavy atom. The van der Waals surface area contributed by atoms with Crippen LogP contribution in [-0.2, 0) is 6.42 Å². The molecule has 2 aromatic rings. The molecule has 0 bridgehead atoms. The zero-order valence-corrected chi connectivity index (χ0v) is 12.5. The third-order valence-electron chi connectivity index (χ3n) is 4.40. The van der Waals surface area contributed by atoms with Crippen molar-refractivity contribution in [3.63, 3.8) is 0 Å². The first-order valence-electron chi connectivity index (χ1n) is 7.67. The number of hydrogen-bond acceptors (Lipinski definition) is 3. The van der Waals surface area contributed by atoms with Crippen molar-refractivity contribution in [2.75, 3.05) is 6.54 Å². The third-order valence-corrected chi connectivity index (χ3v) is 4.40. The van der Waals surface area contributed by atoms with Crippen molar-refractivity contribution in [1.82, 2.24) is 0 Å². The van der Waals surface area contributed by atoms with Crippen LogP contribution in [0.3, 0.4) is 0 Å². The Balaban J connectivity index is 1.80. The molecule has 0 N–H and O–H groups in total. The number of para-hydroxylation sites is 1. The number of allylic oxidation sites excluding steroid dienone is 2. The molecule has 1 unspecified atom stereocenters. The molecule has 4 rings (SSSR count). The second-order valence-corrected chi connectivity index (χ2v) is 5.99. The molecule has 110 valence electrons. The lowest BCUT2D eigenvalue weighted by molar-refractivity contribution is 0.571. The predicted octanol–water partition coefficient (Wildman–Crippen LogP) is 3.77. The molecule has 3 nitrogen and oxygen atoms in total. The summed E-state index contributed by atoms with van der Waals surface area (Å²) in [6, 6.07) is 7.43. The first kappa shape index (κ1) is 13.3. The maximum absolute atomic E-state index is 12.7. The predicted molar refractivity (Wildman–Crippen MR) is 89.4 cm³/mol. The van der Waals surface area contributed by atoms with Crippen molar-refractivity contribution >= 4 is 22.8 Å². The Kier molecular flexibility index (Phi) is 3.07. The lowest BCUT2D eigenvalue weighted by atomic mass is 9.87. The largest absolute Gasteiger partial charge is 0.456 e. The van der Waals surface area contributed by atoms with Crippen LogP contribution in [0.4, 0.5) is 0 Å². The zero-order valence-electron chi connectivity index (χ0n) is 12.5. The van der Waals surface area contributed by atoms with Crippen LogP contribution >= 0.6 is 0 Å². The molecule has 0 spiro atoms. The summed E-state index contributed by atoms with van der Waals surface area (Å²) in [6.45, 7) is 2.98. The van der Waals surface area contributed by atoms with E-state index in [2.05, 4.69) is 24.1 Å². The summed E-state index contributed by atoms with van der Waals surface area (Å²) in [6.07, 6.45) is 7.89. The van der Waals surface area contributed by atoms with Gasteiger partial charge in [0.2, 0.25) is 0 Å². The molecule has 1 aliphatic carbocycles. The molecule has 0 saturated heterocycles. The lowest BCUT2D eigenvalue weighted by Gasteiger charge is -2.21. The summed E-state index contributed by atoms with van der Waals surface area (Å²) in [4.78, 5) is 17.3. The second kappa shape index (κ2) is 5.09. The van der Waals surface area contributed by atoms with Crippen molar-refractivity contribution in [2.24, 2.45) is 10.9 Å². The summed E-state index contributed by atoms with van der Waals surface area (Å²) >= 11 is 0. The van der Waals surface area contributed by atoms with Crippen molar-refractivity contribution < 1.29 is 4.42 Å². The molecular formula is C19H17NO2. The van der Waals surface area contributed by atoms with Crippen molar-refractivity contribution in [3.05, 3.63) is 63.5 Å². The van der Waals surface area contributed by atoms with Crippen LogP contribution in [0, 0.1) is 5.92 Å². The van der Waals surface area contributed by atoms with E-state index in [0.717, 1.165) is 24.2 Å². The van der Waals surface area contributed by atoms with Crippen LogP contribution < -0.4 is 5.43 Å². The number of nitrogens with zero attached hydrogens (tertiary/aromatic N) is 1. The van der Waals surface area contributed by atoms with Gasteiger partial charge in [-0.25, -0.2) is 0 Å². The summed E-state index contributed by atoms with van der Waals surface area (Å²) in [5.74, 6) is 0.865. The van der Waals surface area contributed by atoms with Gasteiger partial charge in [-0.05, 0) is 44.1 Å². The minimum atomic E-state index is 0.0864. The normalized spacial score (nSPS) is 20.5. The quantitative estimate of drug-likeness (QED) is 0.802. The molecule has 2 heterocycles. The Morgan fingerprint density at radius 3 is 3.00 bits per heavy atom. The highest BCUT2D eigenvalue weighted by atomic mass is 16.3. The van der Waals surface area contributed by atoms with Crippen molar-refractivity contribution in [1.29, 1.82) is 0 Å². The molecule has 2 aliphatic rings. The summed E-state index contributed by atoms with van der Waals surface area (Å²) in [7, 11) is 0. The summed E-state index contributed by atoms with van der Waals surface area (Å²) in [5.41, 5.74) is 3.95. The van der Waals surface area contributed by atoms with Gasteiger partial charge in [0.15, 0.2) is 5.43 Å². The number of hydrogen-bond donors (Lipinski definition) is 0. The first-order valence-corrected chi connectivity index (χ1v) is 7.67. The van der Waals surface area contributed by atoms with E-state index in [1.165, 1.54) is 5.57 Å². The monoisotopic (exact) mass is 291 g/mol. The maximum Gasteiger partial charge on any atom is 0.196 e. The van der Waals surface area contributed by atoms with Crippen LogP contribution in [0.1, 0.15) is 24.7 Å². The fraction of sp³-hybridized carbons (Fsp3) is 0.263. The topological polar surface area (TPSA) is 42.6 Å². The van der Waals surface area contributed by atoms with E-state index in [9.17, 15) is 4.79 Å². The van der Waals surface area contributed by atoms with Gasteiger partial charge in [-0.3, -0.25) is 9.79 Å². The van der Waals surface area contributed by atoms with E-state index in [1.807, 2.05) is 30.3 Å². The molecule has 0 radical (unpaired) electrons. The van der Waals surface area contributed by atoms with Crippen molar-refractivity contribution in [3.8, 4) is 0 Å². The molecule has 0 saturated carbocycles. The molecule has 1 aromatic heterocycles. The van der Waals surface area contributed by atoms with Gasteiger partial charge in [-0.2, -0.15) is 0 Å². The van der Waals surface area contributed by atoms with Gasteiger partial charge in [0.25, 0.3) is 0 Å². The number of fused-ring (bicyclic) bond motifs is 2. The van der Waals surface area contributed by atoms with Crippen LogP contribution in [0.15, 0.2) is 56.2 Å². The van der Waals surface area contributed by atoms with E-state index in [4.69, 9.17) is 4.42 Å². The van der Waals surface area contributed by atoms with E-state index >= 15 is 0 Å². The van der Waals surface area contributed by atoms with Gasteiger partial charge in [0.1, 0.15) is 11.3 Å². The maximum atomic E-state index is 12.7. The Bertz CT molecular complexity index is 899. The van der Waals surface area contributed by atoms with Crippen molar-refractivity contribution in [2.45, 2.75) is 19.8 Å². The highest BCUT2D eigenvalue weighted by Crippen LogP contribution is 2.26. The molecule has 0 amide bonds. The summed E-state index contributed by atoms with van der Waals surface area (Å²) in [5, 5.41) is 0.660. The second-order valence-electron chi connectivity index (χ2n) is 5.99. The van der Waals surface area contributed by atoms with Crippen LogP contribution in [0.2, 0.25) is 0 Å². The Morgan fingerprint density at radius 2 is 2.14 bits per heavy atom. The van der Waals surface area contributed by atoms with Gasteiger partial charge < -0.3 is 4.42 Å². The minimum Gasteiger partial charge on any atom is -0.456 e. The van der Waals surface area contributed by atoms with E-state index in [0.29, 0.717) is 23.2 Å². The number of aliphatic imine (C=N–C) groups is 1. The lowest BCUT2D eigenvalue weighted by Crippen LogP contribution is -2.23. The van der Waals surface area contributed by atoms with Gasteiger partial charge in [0, 0.05) is 23.7 Å². The van der Waals surface area contributed by atoms with E-state index in [-0.39, 0.29) is 11.3 Å². The van der Waals surface area contributed by atoms with Crippen LogP contribution in [0.25, 0.3) is 17.0 Å². The molecule has 1 atom stereocenters. The number of benzene rings is 1. The highest BCUT2D eigenvalue weighted by molar-refractivity contribution is 6.00. The molecule has 3 heteroatoms. The van der Waals surface area contributed by atoms with Crippen LogP contribution in [0.5, 0.6) is 0 Å². The Hall–Kier alpha value is -2.42. The zero-order chi connectivity index (χ0) is 15.1. The molecule has 0 fully saturated rings. The Labute approximate surface area is 128 Å². The molecule has 1 aromatic carbocycles. The van der Waals surface area contributed by atoms with E-state index in [1.54, 1.807) is 0 Å². The van der Waals surface area contributed by atoms with Crippen LogP contribution in [-0.4, -0.2) is 12.3 Å². The summed E-state index contributed by atoms with van der Waals surface area (Å²) < 4.78 is 5.88. The standard InChI is InChI=1S/C19H17NO2/c1-12-8-9-20-16(10-12)13-6-7-18-15(11-13)19(21)14-4-2-3-5-17(14)22-18/h2-7,10,13H,8-9,11H2,1H3. The fourth-order valence-corrected chi connectivity index (χ4v) is 3.18. The third kappa shape index (κ3) is 2.13. The van der Waals surface area contributed by atoms with Gasteiger partial charge in [0.05, 0.1) is 5.39 Å². The van der Waals surface area contributed by atoms with Gasteiger partial charge in [-0.15, -0.1) is 0 Å². The average Bonchev–Trinajstić information content (AvgIpc) is 2.55. The minimum absolute atomic E-state index is 0.0864. The SMILES string of the molecule is CC1=CC(C2C=Cc3oc4ccccc4c(=O)c3C2)=NCC1. The molecule has 22 heavy (non-hydrogen) atoms. The highest BCUT2D eigenvalue weighted by Gasteiger charge is 2.23. The molecular weight excluding hydrogens is 274 g/mol. The smallest absolute Gasteiger partial charge is 0.196 e. The first-order chi connectivity index (χ1) is 10.7. The number of dihydropyridines is 1. The van der Waals surface area contributed by atoms with Gasteiger partial charge >= 0.3 is 0 Å². The fourth-order valence-electron chi connectivity index (χ4n) is 3.18. The van der Waals surface area contributed by atoms with Gasteiger partial charge in [-0.1, -0.05) is 23.8 Å². The van der Waals surface area contributed by atoms with E-state index < -0.39 is 0 Å². The average molecular weight is 291 g/mol.